The highest BCUT2D eigenvalue weighted by atomic mass is 35.5. The molecule has 0 radical (unpaired) electrons. The zero-order chi connectivity index (χ0) is 9.62. The number of hydrogen-bond donors (Lipinski definition) is 2. The smallest absolute Gasteiger partial charge is 0.302 e. The van der Waals surface area contributed by atoms with E-state index < -0.39 is 20.4 Å². The van der Waals surface area contributed by atoms with E-state index in [0.717, 1.165) is 0 Å². The monoisotopic (exact) mass is 258 g/mol. The van der Waals surface area contributed by atoms with E-state index in [2.05, 4.69) is 13.4 Å². The molecule has 0 aromatic rings. The molecule has 2 N–H and O–H groups in total. The lowest BCUT2D eigenvalue weighted by molar-refractivity contribution is -0.0926. The zero-order valence-corrected chi connectivity index (χ0v) is 8.39. The summed E-state index contributed by atoms with van der Waals surface area (Å²) in [6.45, 7) is 0. The van der Waals surface area contributed by atoms with Gasteiger partial charge >= 0.3 is 20.4 Å². The van der Waals surface area contributed by atoms with Crippen molar-refractivity contribution in [2.75, 3.05) is 0 Å². The lowest BCUT2D eigenvalue weighted by Gasteiger charge is -2.34. The van der Waals surface area contributed by atoms with Crippen LogP contribution in [0.5, 0.6) is 0 Å². The highest BCUT2D eigenvalue weighted by Gasteiger charge is 2.58. The van der Waals surface area contributed by atoms with E-state index in [1.165, 1.54) is 0 Å². The molecule has 1 fully saturated rings. The molecule has 0 spiro atoms. The van der Waals surface area contributed by atoms with Gasteiger partial charge in [-0.1, -0.05) is 0 Å². The Morgan fingerprint density at radius 3 is 2.08 bits per heavy atom. The molecule has 0 atom stereocenters. The minimum Gasteiger partial charge on any atom is -0.302 e. The van der Waals surface area contributed by atoms with Gasteiger partial charge in [-0.25, -0.2) is 18.2 Å². The predicted octanol–water partition coefficient (Wildman–Crippen LogP) is 1.34. The van der Waals surface area contributed by atoms with E-state index in [1.54, 1.807) is 0 Å². The van der Waals surface area contributed by atoms with E-state index in [4.69, 9.17) is 33.0 Å². The Labute approximate surface area is 76.4 Å². The number of phosphoric ester groups is 1. The van der Waals surface area contributed by atoms with Gasteiger partial charge in [0.15, 0.2) is 0 Å². The van der Waals surface area contributed by atoms with Crippen LogP contribution < -0.4 is 0 Å². The standard InChI is InChI=1S/CH2Cl2O7P2/c2-1(3)8-12(7,9-1)10-11(4,5)6/h(H2,4,5,6). The Morgan fingerprint density at radius 1 is 1.42 bits per heavy atom. The molecule has 1 rings (SSSR count). The lowest BCUT2D eigenvalue weighted by atomic mass is 11.5. The van der Waals surface area contributed by atoms with Gasteiger partial charge in [0.1, 0.15) is 0 Å². The summed E-state index contributed by atoms with van der Waals surface area (Å²) in [6.07, 6.45) is 0. The molecular weight excluding hydrogens is 257 g/mol. The lowest BCUT2D eigenvalue weighted by Crippen LogP contribution is -2.31. The molecule has 0 saturated carbocycles. The van der Waals surface area contributed by atoms with Crippen molar-refractivity contribution in [2.45, 2.75) is 4.71 Å². The SMILES string of the molecule is O=P(O)(O)OP1(=O)OC(Cl)(Cl)O1. The van der Waals surface area contributed by atoms with Crippen LogP contribution in [0.25, 0.3) is 0 Å². The summed E-state index contributed by atoms with van der Waals surface area (Å²) in [5, 5.41) is 0. The van der Waals surface area contributed by atoms with Gasteiger partial charge in [0.2, 0.25) is 0 Å². The largest absolute Gasteiger partial charge is 0.492 e. The van der Waals surface area contributed by atoms with E-state index in [-0.39, 0.29) is 0 Å². The highest BCUT2D eigenvalue weighted by molar-refractivity contribution is 7.62. The van der Waals surface area contributed by atoms with Gasteiger partial charge in [0.25, 0.3) is 0 Å². The minimum absolute atomic E-state index is 2.16. The second-order valence-electron chi connectivity index (χ2n) is 1.67. The fourth-order valence-electron chi connectivity index (χ4n) is 0.431. The maximum atomic E-state index is 10.8. The second kappa shape index (κ2) is 2.92. The molecule has 12 heavy (non-hydrogen) atoms. The van der Waals surface area contributed by atoms with Crippen molar-refractivity contribution in [1.82, 2.24) is 0 Å². The van der Waals surface area contributed by atoms with Gasteiger partial charge in [0, 0.05) is 0 Å². The molecule has 1 heterocycles. The van der Waals surface area contributed by atoms with E-state index >= 15 is 0 Å². The van der Waals surface area contributed by atoms with Crippen LogP contribution in [0.2, 0.25) is 0 Å². The van der Waals surface area contributed by atoms with Crippen LogP contribution in [0.15, 0.2) is 0 Å². The Kier molecular flexibility index (Phi) is 2.65. The van der Waals surface area contributed by atoms with Crippen LogP contribution in [0, 0.1) is 0 Å². The summed E-state index contributed by atoms with van der Waals surface area (Å²) in [4.78, 5) is 16.3. The average Bonchev–Trinajstić information content (AvgIpc) is 1.48. The summed E-state index contributed by atoms with van der Waals surface area (Å²) in [6, 6.07) is 0. The third kappa shape index (κ3) is 2.96. The van der Waals surface area contributed by atoms with Gasteiger partial charge in [-0.2, -0.15) is 4.31 Å². The van der Waals surface area contributed by atoms with Crippen molar-refractivity contribution in [3.8, 4) is 0 Å². The molecule has 0 unspecified atom stereocenters. The Hall–Kier alpha value is 0.840. The topological polar surface area (TPSA) is 102 Å². The first-order valence-electron chi connectivity index (χ1n) is 2.28. The summed E-state index contributed by atoms with van der Waals surface area (Å²) < 4.78 is 30.4. The van der Waals surface area contributed by atoms with Gasteiger partial charge in [0.05, 0.1) is 0 Å². The molecule has 0 aromatic heterocycles. The third-order valence-electron chi connectivity index (χ3n) is 0.643. The van der Waals surface area contributed by atoms with Crippen molar-refractivity contribution in [3.63, 3.8) is 0 Å². The molecule has 0 aromatic carbocycles. The Bertz CT molecular complexity index is 267. The van der Waals surface area contributed by atoms with Crippen molar-refractivity contribution in [1.29, 1.82) is 0 Å². The van der Waals surface area contributed by atoms with E-state index in [9.17, 15) is 9.13 Å². The maximum Gasteiger partial charge on any atom is 0.492 e. The first-order valence-corrected chi connectivity index (χ1v) is 6.03. The predicted molar refractivity (Wildman–Crippen MR) is 37.3 cm³/mol. The fourth-order valence-corrected chi connectivity index (χ4v) is 3.29. The molecule has 0 aliphatic carbocycles. The highest BCUT2D eigenvalue weighted by Crippen LogP contribution is 2.73. The fraction of sp³-hybridized carbons (Fsp3) is 1.00. The van der Waals surface area contributed by atoms with Gasteiger partial charge in [-0.05, 0) is 23.2 Å². The maximum absolute atomic E-state index is 10.8. The summed E-state index contributed by atoms with van der Waals surface area (Å²) in [7, 11) is -9.20. The van der Waals surface area contributed by atoms with Crippen LogP contribution in [-0.2, 0) is 22.5 Å². The molecular formula is CH2Cl2O7P2. The summed E-state index contributed by atoms with van der Waals surface area (Å²) in [5.74, 6) is 0. The number of alkyl halides is 2. The quantitative estimate of drug-likeness (QED) is 0.569. The van der Waals surface area contributed by atoms with Crippen molar-refractivity contribution in [2.24, 2.45) is 0 Å². The molecule has 0 amide bonds. The van der Waals surface area contributed by atoms with Crippen LogP contribution in [0.4, 0.5) is 0 Å². The molecule has 1 aliphatic heterocycles. The van der Waals surface area contributed by atoms with Crippen LogP contribution >= 0.6 is 38.8 Å². The summed E-state index contributed by atoms with van der Waals surface area (Å²) >= 11 is 10.1. The molecule has 7 nitrogen and oxygen atoms in total. The molecule has 1 aliphatic rings. The van der Waals surface area contributed by atoms with Crippen molar-refractivity contribution < 1.29 is 32.3 Å². The van der Waals surface area contributed by atoms with E-state index in [1.807, 2.05) is 0 Å². The van der Waals surface area contributed by atoms with Gasteiger partial charge in [-0.3, -0.25) is 0 Å². The van der Waals surface area contributed by atoms with Crippen LogP contribution in [0.3, 0.4) is 0 Å². The van der Waals surface area contributed by atoms with Crippen molar-refractivity contribution >= 4 is 38.8 Å². The number of hydrogen-bond acceptors (Lipinski definition) is 5. The second-order valence-corrected chi connectivity index (χ2v) is 5.75. The molecule has 0 bridgehead atoms. The summed E-state index contributed by atoms with van der Waals surface area (Å²) in [5.41, 5.74) is 0. The zero-order valence-electron chi connectivity index (χ0n) is 5.09. The first-order chi connectivity index (χ1) is 5.12. The van der Waals surface area contributed by atoms with Crippen LogP contribution in [-0.4, -0.2) is 14.5 Å². The number of halogens is 2. The average molecular weight is 259 g/mol. The number of rotatable bonds is 2. The molecule has 1 saturated heterocycles. The first kappa shape index (κ1) is 10.9. The third-order valence-corrected chi connectivity index (χ3v) is 3.99. The van der Waals surface area contributed by atoms with E-state index in [0.29, 0.717) is 0 Å². The van der Waals surface area contributed by atoms with Crippen LogP contribution in [0.1, 0.15) is 0 Å². The van der Waals surface area contributed by atoms with Gasteiger partial charge < -0.3 is 9.79 Å². The molecule has 11 heteroatoms. The van der Waals surface area contributed by atoms with Crippen molar-refractivity contribution in [3.05, 3.63) is 0 Å². The normalized spacial score (nSPS) is 26.3. The molecule has 72 valence electrons. The number of phosphoric acid groups is 2. The van der Waals surface area contributed by atoms with Gasteiger partial charge in [-0.15, -0.1) is 0 Å². The Morgan fingerprint density at radius 2 is 1.83 bits per heavy atom. The Balaban J connectivity index is 2.58. The minimum atomic E-state index is -4.94.